The molecule has 0 N–H and O–H groups in total. The predicted molar refractivity (Wildman–Crippen MR) is 69.3 cm³/mol. The lowest BCUT2D eigenvalue weighted by Crippen LogP contribution is -2.19. The molecular weight excluding hydrogens is 280 g/mol. The van der Waals surface area contributed by atoms with E-state index in [1.54, 1.807) is 0 Å². The fraction of sp³-hybridized carbons (Fsp3) is 1.00. The summed E-state index contributed by atoms with van der Waals surface area (Å²) in [4.78, 5) is 0. The fourth-order valence-electron chi connectivity index (χ4n) is 1.03. The normalized spacial score (nSPS) is 12.8. The minimum atomic E-state index is -3.69. The van der Waals surface area contributed by atoms with Crippen LogP contribution < -0.4 is 0 Å². The van der Waals surface area contributed by atoms with Crippen molar-refractivity contribution in [3.63, 3.8) is 0 Å². The fourth-order valence-corrected chi connectivity index (χ4v) is 3.01. The highest BCUT2D eigenvalue weighted by atomic mass is 32.2. The Bertz CT molecular complexity index is 398. The maximum absolute atomic E-state index is 11.3. The van der Waals surface area contributed by atoms with Gasteiger partial charge in [0.15, 0.2) is 0 Å². The summed E-state index contributed by atoms with van der Waals surface area (Å²) in [6.07, 6.45) is 2.72. The molecule has 0 aliphatic heterocycles. The molecule has 0 aromatic carbocycles. The molecule has 0 radical (unpaired) electrons. The maximum Gasteiger partial charge on any atom is 0.269 e. The third-order valence-electron chi connectivity index (χ3n) is 2.10. The smallest absolute Gasteiger partial charge is 0.269 e. The Morgan fingerprint density at radius 2 is 1.22 bits per heavy atom. The lowest BCUT2D eigenvalue weighted by molar-refractivity contribution is 0.297. The van der Waals surface area contributed by atoms with E-state index in [0.29, 0.717) is 12.8 Å². The first-order chi connectivity index (χ1) is 8.33. The topological polar surface area (TPSA) is 86.7 Å². The molecule has 0 aliphatic rings. The van der Waals surface area contributed by atoms with Crippen molar-refractivity contribution >= 4 is 20.2 Å². The van der Waals surface area contributed by atoms with Crippen molar-refractivity contribution in [1.29, 1.82) is 0 Å². The van der Waals surface area contributed by atoms with Gasteiger partial charge in [-0.25, -0.2) is 0 Å². The van der Waals surface area contributed by atoms with Crippen LogP contribution in [0.25, 0.3) is 0 Å². The average molecular weight is 302 g/mol. The molecular formula is C10H22O6S2. The van der Waals surface area contributed by atoms with E-state index < -0.39 is 26.0 Å². The molecule has 0 saturated carbocycles. The summed E-state index contributed by atoms with van der Waals surface area (Å²) < 4.78 is 54.4. The van der Waals surface area contributed by atoms with Crippen LogP contribution in [0.1, 0.15) is 39.5 Å². The van der Waals surface area contributed by atoms with Crippen molar-refractivity contribution in [2.45, 2.75) is 39.5 Å². The van der Waals surface area contributed by atoms with Crippen LogP contribution in [0.2, 0.25) is 0 Å². The van der Waals surface area contributed by atoms with Gasteiger partial charge in [0.05, 0.1) is 19.0 Å². The van der Waals surface area contributed by atoms with Gasteiger partial charge in [-0.05, 0) is 12.8 Å². The largest absolute Gasteiger partial charge is 0.270 e. The molecule has 18 heavy (non-hydrogen) atoms. The maximum atomic E-state index is 11.3. The first-order valence-electron chi connectivity index (χ1n) is 6.07. The Hall–Kier alpha value is -0.180. The predicted octanol–water partition coefficient (Wildman–Crippen LogP) is 1.28. The van der Waals surface area contributed by atoms with E-state index in [1.165, 1.54) is 0 Å². The number of hydrogen-bond acceptors (Lipinski definition) is 6. The summed E-state index contributed by atoms with van der Waals surface area (Å²) in [5.41, 5.74) is 0. The Balaban J connectivity index is 3.95. The minimum absolute atomic E-state index is 0.0831. The van der Waals surface area contributed by atoms with Crippen LogP contribution in [0.5, 0.6) is 0 Å². The second-order valence-electron chi connectivity index (χ2n) is 3.87. The molecule has 0 unspecified atom stereocenters. The minimum Gasteiger partial charge on any atom is -0.270 e. The van der Waals surface area contributed by atoms with E-state index in [-0.39, 0.29) is 19.0 Å². The van der Waals surface area contributed by atoms with Crippen LogP contribution in [0.4, 0.5) is 0 Å². The molecule has 0 amide bonds. The van der Waals surface area contributed by atoms with Crippen molar-refractivity contribution < 1.29 is 25.2 Å². The van der Waals surface area contributed by atoms with Gasteiger partial charge in [-0.3, -0.25) is 8.37 Å². The van der Waals surface area contributed by atoms with Crippen LogP contribution in [-0.2, 0) is 28.6 Å². The Kier molecular flexibility index (Phi) is 8.75. The Morgan fingerprint density at radius 3 is 1.78 bits per heavy atom. The second-order valence-corrected chi connectivity index (χ2v) is 7.39. The van der Waals surface area contributed by atoms with Gasteiger partial charge in [-0.1, -0.05) is 26.7 Å². The molecule has 110 valence electrons. The molecule has 0 heterocycles. The van der Waals surface area contributed by atoms with Gasteiger partial charge in [0.1, 0.15) is 5.75 Å². The molecule has 0 bridgehead atoms. The molecule has 0 fully saturated rings. The first kappa shape index (κ1) is 17.8. The molecule has 0 aliphatic carbocycles. The highest BCUT2D eigenvalue weighted by Gasteiger charge is 2.15. The molecule has 0 spiro atoms. The monoisotopic (exact) mass is 302 g/mol. The van der Waals surface area contributed by atoms with Crippen LogP contribution >= 0.6 is 0 Å². The van der Waals surface area contributed by atoms with Crippen molar-refractivity contribution in [1.82, 2.24) is 0 Å². The number of unbranched alkanes of at least 4 members (excludes halogenated alkanes) is 2. The van der Waals surface area contributed by atoms with Crippen molar-refractivity contribution in [3.05, 3.63) is 0 Å². The highest BCUT2D eigenvalue weighted by Crippen LogP contribution is 2.02. The van der Waals surface area contributed by atoms with Gasteiger partial charge < -0.3 is 0 Å². The van der Waals surface area contributed by atoms with Gasteiger partial charge >= 0.3 is 0 Å². The SMILES string of the molecule is CCCCOS(=O)(=O)CCOS(=O)(=O)CCCC. The van der Waals surface area contributed by atoms with Gasteiger partial charge in [0.25, 0.3) is 20.2 Å². The molecule has 0 rings (SSSR count). The highest BCUT2D eigenvalue weighted by molar-refractivity contribution is 7.87. The Labute approximate surface area is 110 Å². The zero-order valence-corrected chi connectivity index (χ0v) is 12.6. The molecule has 8 heteroatoms. The summed E-state index contributed by atoms with van der Waals surface area (Å²) in [7, 11) is -7.30. The van der Waals surface area contributed by atoms with E-state index in [2.05, 4.69) is 8.37 Å². The first-order valence-corrected chi connectivity index (χ1v) is 9.22. The van der Waals surface area contributed by atoms with E-state index in [9.17, 15) is 16.8 Å². The lowest BCUT2D eigenvalue weighted by atomic mass is 10.4. The summed E-state index contributed by atoms with van der Waals surface area (Å²) in [6.45, 7) is 3.52. The number of hydrogen-bond donors (Lipinski definition) is 0. The average Bonchev–Trinajstić information content (AvgIpc) is 2.26. The number of rotatable bonds is 11. The molecule has 6 nitrogen and oxygen atoms in total. The third-order valence-corrected chi connectivity index (χ3v) is 4.61. The van der Waals surface area contributed by atoms with Gasteiger partial charge in [-0.2, -0.15) is 16.8 Å². The van der Waals surface area contributed by atoms with E-state index in [0.717, 1.165) is 12.8 Å². The van der Waals surface area contributed by atoms with Gasteiger partial charge in [0, 0.05) is 0 Å². The van der Waals surface area contributed by atoms with E-state index in [1.807, 2.05) is 13.8 Å². The Morgan fingerprint density at radius 1 is 0.722 bits per heavy atom. The zero-order valence-electron chi connectivity index (χ0n) is 10.9. The van der Waals surface area contributed by atoms with Crippen molar-refractivity contribution in [2.24, 2.45) is 0 Å². The van der Waals surface area contributed by atoms with Gasteiger partial charge in [-0.15, -0.1) is 0 Å². The molecule has 0 atom stereocenters. The summed E-state index contributed by atoms with van der Waals surface area (Å²) >= 11 is 0. The van der Waals surface area contributed by atoms with E-state index in [4.69, 9.17) is 0 Å². The molecule has 0 aromatic heterocycles. The van der Waals surface area contributed by atoms with Crippen molar-refractivity contribution in [2.75, 3.05) is 24.7 Å². The van der Waals surface area contributed by atoms with Gasteiger partial charge in [0.2, 0.25) is 0 Å². The lowest BCUT2D eigenvalue weighted by Gasteiger charge is -2.06. The third kappa shape index (κ3) is 9.81. The molecule has 0 saturated heterocycles. The summed E-state index contributed by atoms with van der Waals surface area (Å²) in [5, 5.41) is 0. The van der Waals surface area contributed by atoms with Crippen LogP contribution in [0.3, 0.4) is 0 Å². The second kappa shape index (κ2) is 8.84. The van der Waals surface area contributed by atoms with Crippen LogP contribution in [-0.4, -0.2) is 41.6 Å². The molecule has 0 aromatic rings. The standard InChI is InChI=1S/C10H22O6S2/c1-3-5-7-15-18(13,14)10-8-16-17(11,12)9-6-4-2/h3-10H2,1-2H3. The zero-order chi connectivity index (χ0) is 14.1. The van der Waals surface area contributed by atoms with E-state index >= 15 is 0 Å². The van der Waals surface area contributed by atoms with Crippen LogP contribution in [0.15, 0.2) is 0 Å². The van der Waals surface area contributed by atoms with Crippen molar-refractivity contribution in [3.8, 4) is 0 Å². The summed E-state index contributed by atoms with van der Waals surface area (Å²) in [5.74, 6) is -0.525. The van der Waals surface area contributed by atoms with Crippen LogP contribution in [0, 0.1) is 0 Å². The quantitative estimate of drug-likeness (QED) is 0.422. The summed E-state index contributed by atoms with van der Waals surface area (Å²) in [6, 6.07) is 0.